The number of hydrogen-bond donors (Lipinski definition) is 0. The van der Waals surface area contributed by atoms with Crippen molar-refractivity contribution in [2.45, 2.75) is 0 Å². The van der Waals surface area contributed by atoms with E-state index in [2.05, 4.69) is 5.92 Å². The molecule has 0 fully saturated rings. The third kappa shape index (κ3) is 2.70. The zero-order valence-electron chi connectivity index (χ0n) is 12.6. The molecule has 3 aromatic rings. The first kappa shape index (κ1) is 15.6. The lowest BCUT2D eigenvalue weighted by atomic mass is 9.91. The van der Waals surface area contributed by atoms with Crippen LogP contribution in [0.5, 0.6) is 0 Å². The van der Waals surface area contributed by atoms with Crippen molar-refractivity contribution in [3.63, 3.8) is 0 Å². The summed E-state index contributed by atoms with van der Waals surface area (Å²) in [6.45, 7) is 0. The van der Waals surface area contributed by atoms with Crippen LogP contribution in [-0.4, -0.2) is 5.78 Å². The molecule has 116 valence electrons. The van der Waals surface area contributed by atoms with Gasteiger partial charge in [0, 0.05) is 22.3 Å². The van der Waals surface area contributed by atoms with Gasteiger partial charge in [-0.2, -0.15) is 0 Å². The number of terminal acetylenes is 1. The molecule has 0 saturated carbocycles. The summed E-state index contributed by atoms with van der Waals surface area (Å²) in [5, 5.41) is 0. The highest BCUT2D eigenvalue weighted by Gasteiger charge is 2.23. The van der Waals surface area contributed by atoms with E-state index < -0.39 is 17.4 Å². The second-order valence-electron chi connectivity index (χ2n) is 5.18. The molecule has 0 heterocycles. The minimum Gasteiger partial charge on any atom is -0.289 e. The quantitative estimate of drug-likeness (QED) is 0.499. The number of carbonyl (C=O) groups excluding carboxylic acids is 1. The second-order valence-corrected chi connectivity index (χ2v) is 5.18. The van der Waals surface area contributed by atoms with Gasteiger partial charge in [0.25, 0.3) is 0 Å². The van der Waals surface area contributed by atoms with Gasteiger partial charge in [0.15, 0.2) is 17.4 Å². The lowest BCUT2D eigenvalue weighted by Gasteiger charge is -2.12. The van der Waals surface area contributed by atoms with E-state index in [-0.39, 0.29) is 16.7 Å². The minimum absolute atomic E-state index is 0.0264. The molecule has 0 saturated heterocycles. The van der Waals surface area contributed by atoms with Crippen LogP contribution in [0.25, 0.3) is 11.1 Å². The van der Waals surface area contributed by atoms with E-state index in [9.17, 15) is 13.6 Å². The summed E-state index contributed by atoms with van der Waals surface area (Å²) in [4.78, 5) is 12.7. The van der Waals surface area contributed by atoms with E-state index in [1.54, 1.807) is 60.7 Å². The average Bonchev–Trinajstić information content (AvgIpc) is 2.64. The standard InChI is InChI=1S/C21H12F2O/c1-2-16-17(21(24)15-11-7-4-8-12-15)13-18(22)20(23)19(16)14-9-5-3-6-10-14/h1,3-13H. The van der Waals surface area contributed by atoms with Crippen molar-refractivity contribution in [2.75, 3.05) is 0 Å². The Morgan fingerprint density at radius 1 is 0.917 bits per heavy atom. The Morgan fingerprint density at radius 3 is 2.08 bits per heavy atom. The van der Waals surface area contributed by atoms with E-state index in [0.29, 0.717) is 11.1 Å². The number of ketones is 1. The SMILES string of the molecule is C#Cc1c(C(=O)c2ccccc2)cc(F)c(F)c1-c1ccccc1. The molecule has 24 heavy (non-hydrogen) atoms. The van der Waals surface area contributed by atoms with Crippen LogP contribution in [0.15, 0.2) is 66.7 Å². The van der Waals surface area contributed by atoms with Crippen molar-refractivity contribution in [2.24, 2.45) is 0 Å². The van der Waals surface area contributed by atoms with Crippen LogP contribution in [0.4, 0.5) is 8.78 Å². The Hall–Kier alpha value is -3.25. The van der Waals surface area contributed by atoms with Crippen molar-refractivity contribution in [3.8, 4) is 23.5 Å². The van der Waals surface area contributed by atoms with Gasteiger partial charge in [0.05, 0.1) is 0 Å². The summed E-state index contributed by atoms with van der Waals surface area (Å²) in [6, 6.07) is 17.6. The molecule has 3 aromatic carbocycles. The highest BCUT2D eigenvalue weighted by atomic mass is 19.2. The largest absolute Gasteiger partial charge is 0.289 e. The molecule has 0 aliphatic rings. The first-order valence-electron chi connectivity index (χ1n) is 7.27. The molecule has 0 amide bonds. The number of carbonyl (C=O) groups is 1. The fraction of sp³-hybridized carbons (Fsp3) is 0. The topological polar surface area (TPSA) is 17.1 Å². The molecule has 0 spiro atoms. The van der Waals surface area contributed by atoms with Crippen molar-refractivity contribution < 1.29 is 13.6 Å². The molecule has 0 atom stereocenters. The smallest absolute Gasteiger partial charge is 0.194 e. The molecule has 0 aromatic heterocycles. The molecule has 0 radical (unpaired) electrons. The van der Waals surface area contributed by atoms with E-state index in [1.165, 1.54) is 0 Å². The summed E-state index contributed by atoms with van der Waals surface area (Å²) in [6.07, 6.45) is 5.53. The van der Waals surface area contributed by atoms with Crippen LogP contribution in [0.2, 0.25) is 0 Å². The maximum absolute atomic E-state index is 14.4. The van der Waals surface area contributed by atoms with Gasteiger partial charge in [-0.1, -0.05) is 66.6 Å². The highest BCUT2D eigenvalue weighted by molar-refractivity contribution is 6.11. The summed E-state index contributed by atoms with van der Waals surface area (Å²) in [5.74, 6) is -0.252. The van der Waals surface area contributed by atoms with Crippen molar-refractivity contribution in [3.05, 3.63) is 95.1 Å². The van der Waals surface area contributed by atoms with Gasteiger partial charge in [-0.15, -0.1) is 6.42 Å². The maximum atomic E-state index is 14.4. The molecule has 1 nitrogen and oxygen atoms in total. The first-order chi connectivity index (χ1) is 11.6. The molecular formula is C21H12F2O. The third-order valence-electron chi connectivity index (χ3n) is 3.71. The molecule has 0 unspecified atom stereocenters. The van der Waals surface area contributed by atoms with Gasteiger partial charge in [-0.05, 0) is 11.6 Å². The monoisotopic (exact) mass is 318 g/mol. The summed E-state index contributed by atoms with van der Waals surface area (Å²) < 4.78 is 28.5. The molecule has 0 bridgehead atoms. The second kappa shape index (κ2) is 6.47. The Morgan fingerprint density at radius 2 is 1.50 bits per heavy atom. The van der Waals surface area contributed by atoms with Crippen LogP contribution in [0.1, 0.15) is 21.5 Å². The lowest BCUT2D eigenvalue weighted by molar-refractivity contribution is 0.103. The minimum atomic E-state index is -1.10. The normalized spacial score (nSPS) is 10.2. The summed E-state index contributed by atoms with van der Waals surface area (Å²) >= 11 is 0. The molecular weight excluding hydrogens is 306 g/mol. The number of rotatable bonds is 3. The molecule has 3 rings (SSSR count). The zero-order chi connectivity index (χ0) is 17.1. The van der Waals surface area contributed by atoms with Gasteiger partial charge < -0.3 is 0 Å². The summed E-state index contributed by atoms with van der Waals surface area (Å²) in [7, 11) is 0. The number of benzene rings is 3. The average molecular weight is 318 g/mol. The van der Waals surface area contributed by atoms with Crippen molar-refractivity contribution >= 4 is 5.78 Å². The van der Waals surface area contributed by atoms with Gasteiger partial charge in [-0.25, -0.2) is 8.78 Å². The third-order valence-corrected chi connectivity index (χ3v) is 3.71. The molecule has 0 aliphatic carbocycles. The predicted molar refractivity (Wildman–Crippen MR) is 89.6 cm³/mol. The Labute approximate surface area is 138 Å². The Balaban J connectivity index is 2.28. The number of halogens is 2. The molecule has 0 aliphatic heterocycles. The van der Waals surface area contributed by atoms with Crippen LogP contribution >= 0.6 is 0 Å². The van der Waals surface area contributed by atoms with Gasteiger partial charge in [0.1, 0.15) is 0 Å². The molecule has 0 N–H and O–H groups in total. The van der Waals surface area contributed by atoms with E-state index in [4.69, 9.17) is 6.42 Å². The lowest BCUT2D eigenvalue weighted by Crippen LogP contribution is -2.08. The van der Waals surface area contributed by atoms with Gasteiger partial charge in [-0.3, -0.25) is 4.79 Å². The van der Waals surface area contributed by atoms with Crippen molar-refractivity contribution in [1.29, 1.82) is 0 Å². The molecule has 3 heteroatoms. The Kier molecular flexibility index (Phi) is 4.22. The predicted octanol–water partition coefficient (Wildman–Crippen LogP) is 4.84. The van der Waals surface area contributed by atoms with Crippen LogP contribution < -0.4 is 0 Å². The Bertz CT molecular complexity index is 939. The summed E-state index contributed by atoms with van der Waals surface area (Å²) in [5.41, 5.74) is 0.733. The van der Waals surface area contributed by atoms with Gasteiger partial charge in [0.2, 0.25) is 0 Å². The maximum Gasteiger partial charge on any atom is 0.194 e. The highest BCUT2D eigenvalue weighted by Crippen LogP contribution is 2.31. The number of hydrogen-bond acceptors (Lipinski definition) is 1. The zero-order valence-corrected chi connectivity index (χ0v) is 12.6. The van der Waals surface area contributed by atoms with Crippen LogP contribution in [0.3, 0.4) is 0 Å². The van der Waals surface area contributed by atoms with Crippen LogP contribution in [0, 0.1) is 24.0 Å². The fourth-order valence-electron chi connectivity index (χ4n) is 2.58. The fourth-order valence-corrected chi connectivity index (χ4v) is 2.58. The first-order valence-corrected chi connectivity index (χ1v) is 7.27. The van der Waals surface area contributed by atoms with Crippen LogP contribution in [-0.2, 0) is 0 Å². The van der Waals surface area contributed by atoms with Crippen molar-refractivity contribution in [1.82, 2.24) is 0 Å². The van der Waals surface area contributed by atoms with Gasteiger partial charge >= 0.3 is 0 Å². The van der Waals surface area contributed by atoms with E-state index >= 15 is 0 Å². The van der Waals surface area contributed by atoms with E-state index in [1.807, 2.05) is 0 Å². The van der Waals surface area contributed by atoms with E-state index in [0.717, 1.165) is 6.07 Å².